The van der Waals surface area contributed by atoms with Gasteiger partial charge in [0.25, 0.3) is 9.84 Å². The smallest absolute Gasteiger partial charge is 0.219 e. The van der Waals surface area contributed by atoms with Crippen LogP contribution in [-0.2, 0) is 21.5 Å². The van der Waals surface area contributed by atoms with Crippen LogP contribution in [-0.4, -0.2) is 13.9 Å². The van der Waals surface area contributed by atoms with Gasteiger partial charge in [0.1, 0.15) is 0 Å². The molecule has 0 aromatic heterocycles. The predicted octanol–water partition coefficient (Wildman–Crippen LogP) is 2.86. The number of benzene rings is 1. The number of halogens is 4. The normalized spacial score (nSPS) is 12.8. The van der Waals surface area contributed by atoms with Crippen LogP contribution in [0.25, 0.3) is 0 Å². The topological polar surface area (TPSA) is 34.1 Å². The van der Waals surface area contributed by atoms with Crippen LogP contribution < -0.4 is 0 Å². The van der Waals surface area contributed by atoms with E-state index in [1.165, 1.54) is 18.2 Å². The van der Waals surface area contributed by atoms with E-state index in [1.54, 1.807) is 6.07 Å². The maximum absolute atomic E-state index is 12.1. The van der Waals surface area contributed by atoms with Gasteiger partial charge in [-0.25, -0.2) is 8.42 Å². The molecule has 0 saturated carbocycles. The zero-order valence-corrected chi connectivity index (χ0v) is 9.53. The molecule has 0 radical (unpaired) electrons. The lowest BCUT2D eigenvalue weighted by molar-refractivity contribution is -0.0437. The van der Waals surface area contributed by atoms with E-state index in [0.29, 0.717) is 5.56 Å². The lowest BCUT2D eigenvalue weighted by Gasteiger charge is -2.10. The molecule has 90 valence electrons. The molecule has 0 fully saturated rings. The van der Waals surface area contributed by atoms with E-state index >= 15 is 0 Å². The summed E-state index contributed by atoms with van der Waals surface area (Å²) in [5.41, 5.74) is -4.77. The quantitative estimate of drug-likeness (QED) is 0.793. The molecule has 0 amide bonds. The van der Waals surface area contributed by atoms with Gasteiger partial charge >= 0.3 is 5.51 Å². The molecule has 0 unspecified atom stereocenters. The number of hydrogen-bond donors (Lipinski definition) is 0. The number of alkyl halides is 4. The fourth-order valence-electron chi connectivity index (χ4n) is 1.12. The van der Waals surface area contributed by atoms with E-state index in [0.717, 1.165) is 0 Å². The SMILES string of the molecule is O=S(=O)(Cc1ccccc1CCl)C(F)(F)F. The van der Waals surface area contributed by atoms with E-state index in [2.05, 4.69) is 0 Å². The first kappa shape index (κ1) is 13.3. The third-order valence-electron chi connectivity index (χ3n) is 1.96. The summed E-state index contributed by atoms with van der Waals surface area (Å²) >= 11 is 5.50. The van der Waals surface area contributed by atoms with Crippen molar-refractivity contribution in [3.8, 4) is 0 Å². The standard InChI is InChI=1S/C9H8ClF3O2S/c10-5-7-3-1-2-4-8(7)6-16(14,15)9(11,12)13/h1-4H,5-6H2. The highest BCUT2D eigenvalue weighted by Crippen LogP contribution is 2.27. The van der Waals surface area contributed by atoms with Crippen molar-refractivity contribution in [2.75, 3.05) is 0 Å². The minimum atomic E-state index is -5.23. The summed E-state index contributed by atoms with van der Waals surface area (Å²) in [6, 6.07) is 5.87. The van der Waals surface area contributed by atoms with Crippen molar-refractivity contribution in [3.05, 3.63) is 35.4 Å². The Bertz CT molecular complexity index is 468. The van der Waals surface area contributed by atoms with Crippen LogP contribution in [0.5, 0.6) is 0 Å². The van der Waals surface area contributed by atoms with Gasteiger partial charge in [-0.05, 0) is 11.1 Å². The van der Waals surface area contributed by atoms with Crippen LogP contribution >= 0.6 is 11.6 Å². The van der Waals surface area contributed by atoms with Gasteiger partial charge < -0.3 is 0 Å². The first-order chi connectivity index (χ1) is 7.28. The van der Waals surface area contributed by atoms with Gasteiger partial charge in [0, 0.05) is 5.88 Å². The van der Waals surface area contributed by atoms with Crippen LogP contribution in [0, 0.1) is 0 Å². The summed E-state index contributed by atoms with van der Waals surface area (Å²) in [5, 5.41) is 0. The largest absolute Gasteiger partial charge is 0.497 e. The molecule has 0 aliphatic rings. The molecule has 16 heavy (non-hydrogen) atoms. The van der Waals surface area contributed by atoms with Crippen LogP contribution in [0.1, 0.15) is 11.1 Å². The van der Waals surface area contributed by atoms with Gasteiger partial charge in [0.15, 0.2) is 0 Å². The van der Waals surface area contributed by atoms with Crippen molar-refractivity contribution in [1.29, 1.82) is 0 Å². The van der Waals surface area contributed by atoms with Crippen LogP contribution in [0.4, 0.5) is 13.2 Å². The van der Waals surface area contributed by atoms with Crippen LogP contribution in [0.2, 0.25) is 0 Å². The molecule has 0 spiro atoms. The van der Waals surface area contributed by atoms with Crippen LogP contribution in [0.3, 0.4) is 0 Å². The molecule has 7 heteroatoms. The Morgan fingerprint density at radius 3 is 2.06 bits per heavy atom. The molecule has 0 atom stereocenters. The maximum Gasteiger partial charge on any atom is 0.497 e. The minimum absolute atomic E-state index is 0.0243. The number of rotatable bonds is 3. The monoisotopic (exact) mass is 272 g/mol. The summed E-state index contributed by atoms with van der Waals surface area (Å²) in [5.74, 6) is -1.09. The summed E-state index contributed by atoms with van der Waals surface area (Å²) in [7, 11) is -5.14. The van der Waals surface area contributed by atoms with Gasteiger partial charge in [-0.1, -0.05) is 24.3 Å². The van der Waals surface area contributed by atoms with Crippen LogP contribution in [0.15, 0.2) is 24.3 Å². The lowest BCUT2D eigenvalue weighted by atomic mass is 10.1. The number of sulfone groups is 1. The molecule has 0 saturated heterocycles. The fourth-order valence-corrected chi connectivity index (χ4v) is 2.23. The molecule has 0 bridgehead atoms. The molecule has 0 aliphatic heterocycles. The number of hydrogen-bond acceptors (Lipinski definition) is 2. The van der Waals surface area contributed by atoms with E-state index in [9.17, 15) is 21.6 Å². The second kappa shape index (κ2) is 4.63. The third-order valence-corrected chi connectivity index (χ3v) is 3.64. The predicted molar refractivity (Wildman–Crippen MR) is 54.7 cm³/mol. The van der Waals surface area contributed by atoms with E-state index in [-0.39, 0.29) is 11.4 Å². The van der Waals surface area contributed by atoms with E-state index < -0.39 is 21.1 Å². The van der Waals surface area contributed by atoms with E-state index in [4.69, 9.17) is 11.6 Å². The van der Waals surface area contributed by atoms with Gasteiger partial charge in [0.2, 0.25) is 0 Å². The van der Waals surface area contributed by atoms with Crippen molar-refractivity contribution < 1.29 is 21.6 Å². The Kier molecular flexibility index (Phi) is 3.85. The van der Waals surface area contributed by atoms with Crippen molar-refractivity contribution in [3.63, 3.8) is 0 Å². The van der Waals surface area contributed by atoms with Gasteiger partial charge in [-0.3, -0.25) is 0 Å². The van der Waals surface area contributed by atoms with Gasteiger partial charge in [0.05, 0.1) is 5.75 Å². The molecule has 1 rings (SSSR count). The molecule has 0 heterocycles. The molecular formula is C9H8ClF3O2S. The van der Waals surface area contributed by atoms with Crippen molar-refractivity contribution in [2.45, 2.75) is 17.1 Å². The average molecular weight is 273 g/mol. The Labute approximate surface area is 96.0 Å². The molecule has 1 aromatic carbocycles. The fraction of sp³-hybridized carbons (Fsp3) is 0.333. The summed E-state index contributed by atoms with van der Waals surface area (Å²) < 4.78 is 58.2. The highest BCUT2D eigenvalue weighted by Gasteiger charge is 2.45. The Hall–Kier alpha value is -0.750. The summed E-state index contributed by atoms with van der Waals surface area (Å²) in [4.78, 5) is 0. The summed E-state index contributed by atoms with van der Waals surface area (Å²) in [6.45, 7) is 0. The second-order valence-corrected chi connectivity index (χ2v) is 5.36. The van der Waals surface area contributed by atoms with Crippen molar-refractivity contribution in [1.82, 2.24) is 0 Å². The van der Waals surface area contributed by atoms with Gasteiger partial charge in [-0.15, -0.1) is 11.6 Å². The Balaban J connectivity index is 3.06. The zero-order chi connectivity index (χ0) is 12.4. The molecule has 0 aliphatic carbocycles. The van der Waals surface area contributed by atoms with Crippen molar-refractivity contribution >= 4 is 21.4 Å². The minimum Gasteiger partial charge on any atom is -0.219 e. The Morgan fingerprint density at radius 1 is 1.12 bits per heavy atom. The van der Waals surface area contributed by atoms with E-state index in [1.807, 2.05) is 0 Å². The lowest BCUT2D eigenvalue weighted by Crippen LogP contribution is -2.25. The first-order valence-electron chi connectivity index (χ1n) is 4.19. The van der Waals surface area contributed by atoms with Gasteiger partial charge in [-0.2, -0.15) is 13.2 Å². The highest BCUT2D eigenvalue weighted by atomic mass is 35.5. The molecule has 0 N–H and O–H groups in total. The Morgan fingerprint density at radius 2 is 1.62 bits per heavy atom. The maximum atomic E-state index is 12.1. The average Bonchev–Trinajstić information content (AvgIpc) is 2.16. The second-order valence-electron chi connectivity index (χ2n) is 3.11. The molecule has 2 nitrogen and oxygen atoms in total. The highest BCUT2D eigenvalue weighted by molar-refractivity contribution is 7.91. The zero-order valence-electron chi connectivity index (χ0n) is 7.96. The summed E-state index contributed by atoms with van der Waals surface area (Å²) in [6.07, 6.45) is 0. The third kappa shape index (κ3) is 2.89. The van der Waals surface area contributed by atoms with Crippen molar-refractivity contribution in [2.24, 2.45) is 0 Å². The molecular weight excluding hydrogens is 265 g/mol. The molecule has 1 aromatic rings. The first-order valence-corrected chi connectivity index (χ1v) is 6.38.